The average molecular weight is 368 g/mol. The molecule has 1 aromatic carbocycles. The van der Waals surface area contributed by atoms with Crippen LogP contribution in [-0.2, 0) is 11.3 Å². The number of rotatable bonds is 6. The molecule has 7 nitrogen and oxygen atoms in total. The minimum absolute atomic E-state index is 0.0143. The maximum atomic E-state index is 11.2. The van der Waals surface area contributed by atoms with Crippen molar-refractivity contribution in [2.24, 2.45) is 5.73 Å². The molecule has 0 aliphatic carbocycles. The second-order valence-corrected chi connectivity index (χ2v) is 6.75. The van der Waals surface area contributed by atoms with Gasteiger partial charge in [0.15, 0.2) is 0 Å². The fourth-order valence-corrected chi connectivity index (χ4v) is 3.42. The molecule has 1 aliphatic rings. The summed E-state index contributed by atoms with van der Waals surface area (Å²) < 4.78 is 5.48. The van der Waals surface area contributed by atoms with E-state index in [1.807, 2.05) is 18.2 Å². The largest absolute Gasteiger partial charge is 0.496 e. The molecule has 1 aliphatic heterocycles. The molecule has 1 unspecified atom stereocenters. The maximum absolute atomic E-state index is 11.2. The van der Waals surface area contributed by atoms with Crippen LogP contribution in [0.5, 0.6) is 5.75 Å². The number of pyridine rings is 1. The number of likely N-dealkylation sites (tertiary alicyclic amines) is 1. The molecule has 1 aromatic heterocycles. The molecule has 3 N–H and O–H groups in total. The monoisotopic (exact) mass is 368 g/mol. The van der Waals surface area contributed by atoms with Gasteiger partial charge >= 0.3 is 0 Å². The number of primary amides is 1. The van der Waals surface area contributed by atoms with Crippen molar-refractivity contribution >= 4 is 11.8 Å². The van der Waals surface area contributed by atoms with Gasteiger partial charge in [-0.05, 0) is 30.2 Å². The number of ether oxygens (including phenoxy) is 1. The van der Waals surface area contributed by atoms with Crippen molar-refractivity contribution in [2.75, 3.05) is 20.2 Å². The number of benzene rings is 1. The number of nitrogens with two attached hydrogens (primary N) is 1. The third kappa shape index (κ3) is 4.62. The van der Waals surface area contributed by atoms with Crippen LogP contribution in [0.25, 0.3) is 11.1 Å². The Morgan fingerprint density at radius 3 is 2.78 bits per heavy atom. The first kappa shape index (κ1) is 18.8. The van der Waals surface area contributed by atoms with Crippen molar-refractivity contribution in [3.8, 4) is 16.9 Å². The Balaban J connectivity index is 1.77. The Morgan fingerprint density at radius 1 is 1.33 bits per heavy atom. The Morgan fingerprint density at radius 2 is 2.15 bits per heavy atom. The van der Waals surface area contributed by atoms with Gasteiger partial charge in [0, 0.05) is 49.9 Å². The normalized spacial score (nSPS) is 16.9. The summed E-state index contributed by atoms with van der Waals surface area (Å²) in [5.41, 5.74) is 8.41. The zero-order valence-electron chi connectivity index (χ0n) is 15.6. The van der Waals surface area contributed by atoms with Gasteiger partial charge in [-0.15, -0.1) is 0 Å². The smallest absolute Gasteiger partial charge is 0.267 e. The second-order valence-electron chi connectivity index (χ2n) is 6.75. The summed E-state index contributed by atoms with van der Waals surface area (Å²) in [7, 11) is 1.63. The molecule has 27 heavy (non-hydrogen) atoms. The topological polar surface area (TPSA) is 97.5 Å². The molecule has 2 amide bonds. The van der Waals surface area contributed by atoms with E-state index in [0.717, 1.165) is 48.5 Å². The number of methoxy groups -OCH3 is 1. The van der Waals surface area contributed by atoms with E-state index < -0.39 is 5.91 Å². The molecular weight excluding hydrogens is 344 g/mol. The fourth-order valence-electron chi connectivity index (χ4n) is 3.42. The van der Waals surface area contributed by atoms with Gasteiger partial charge in [-0.25, -0.2) is 0 Å². The van der Waals surface area contributed by atoms with Gasteiger partial charge in [0.05, 0.1) is 7.11 Å². The third-order valence-electron chi connectivity index (χ3n) is 4.68. The molecule has 2 heterocycles. The van der Waals surface area contributed by atoms with E-state index in [1.165, 1.54) is 0 Å². The van der Waals surface area contributed by atoms with Crippen LogP contribution < -0.4 is 15.8 Å². The standard InChI is InChI=1S/C20H24N4O3/c1-13(25)23-16-7-8-24(12-16)11-14-3-6-19(27-2)17(9-14)15-4-5-18(20(21)26)22-10-15/h3-6,9-10,16H,7-8,11-12H2,1-2H3,(H2,21,26)(H,23,25). The van der Waals surface area contributed by atoms with Gasteiger partial charge < -0.3 is 15.8 Å². The highest BCUT2D eigenvalue weighted by molar-refractivity contribution is 5.91. The minimum atomic E-state index is -0.551. The van der Waals surface area contributed by atoms with E-state index in [2.05, 4.69) is 21.3 Å². The van der Waals surface area contributed by atoms with Crippen LogP contribution in [0.3, 0.4) is 0 Å². The van der Waals surface area contributed by atoms with E-state index >= 15 is 0 Å². The zero-order chi connectivity index (χ0) is 19.4. The van der Waals surface area contributed by atoms with Gasteiger partial charge in [-0.3, -0.25) is 19.5 Å². The number of nitrogens with one attached hydrogen (secondary N) is 1. The molecule has 0 bridgehead atoms. The second kappa shape index (κ2) is 8.18. The number of carbonyl (C=O) groups excluding carboxylic acids is 2. The van der Waals surface area contributed by atoms with Crippen LogP contribution >= 0.6 is 0 Å². The van der Waals surface area contributed by atoms with E-state index in [9.17, 15) is 9.59 Å². The number of carbonyl (C=O) groups is 2. The highest BCUT2D eigenvalue weighted by Gasteiger charge is 2.23. The molecule has 1 fully saturated rings. The predicted octanol–water partition coefficient (Wildman–Crippen LogP) is 1.57. The Kier molecular flexibility index (Phi) is 5.71. The van der Waals surface area contributed by atoms with Crippen molar-refractivity contribution in [1.29, 1.82) is 0 Å². The molecule has 7 heteroatoms. The highest BCUT2D eigenvalue weighted by Crippen LogP contribution is 2.31. The molecule has 0 saturated carbocycles. The fraction of sp³-hybridized carbons (Fsp3) is 0.350. The molecule has 3 rings (SSSR count). The number of nitrogens with zero attached hydrogens (tertiary/aromatic N) is 2. The quantitative estimate of drug-likeness (QED) is 0.807. The van der Waals surface area contributed by atoms with Crippen LogP contribution in [0.15, 0.2) is 36.5 Å². The molecule has 2 aromatic rings. The molecule has 0 radical (unpaired) electrons. The summed E-state index contributed by atoms with van der Waals surface area (Å²) in [6.07, 6.45) is 2.59. The van der Waals surface area contributed by atoms with E-state index in [0.29, 0.717) is 0 Å². The molecular formula is C20H24N4O3. The van der Waals surface area contributed by atoms with E-state index in [1.54, 1.807) is 26.3 Å². The first-order valence-corrected chi connectivity index (χ1v) is 8.89. The lowest BCUT2D eigenvalue weighted by atomic mass is 10.0. The van der Waals surface area contributed by atoms with Crippen LogP contribution in [0.4, 0.5) is 0 Å². The van der Waals surface area contributed by atoms with Crippen molar-refractivity contribution in [1.82, 2.24) is 15.2 Å². The van der Waals surface area contributed by atoms with Gasteiger partial charge in [0.25, 0.3) is 5.91 Å². The van der Waals surface area contributed by atoms with Crippen molar-refractivity contribution in [3.63, 3.8) is 0 Å². The summed E-state index contributed by atoms with van der Waals surface area (Å²) in [6.45, 7) is 4.13. The summed E-state index contributed by atoms with van der Waals surface area (Å²) in [5.74, 6) is 0.204. The van der Waals surface area contributed by atoms with Crippen LogP contribution in [0.1, 0.15) is 29.4 Å². The van der Waals surface area contributed by atoms with Gasteiger partial charge in [0.1, 0.15) is 11.4 Å². The summed E-state index contributed by atoms with van der Waals surface area (Å²) in [6, 6.07) is 9.70. The van der Waals surface area contributed by atoms with Gasteiger partial charge in [0.2, 0.25) is 5.91 Å². The minimum Gasteiger partial charge on any atom is -0.496 e. The molecule has 0 spiro atoms. The molecule has 1 atom stereocenters. The van der Waals surface area contributed by atoms with Crippen molar-refractivity contribution < 1.29 is 14.3 Å². The SMILES string of the molecule is COc1ccc(CN2CCC(NC(C)=O)C2)cc1-c1ccc(C(N)=O)nc1. The first-order valence-electron chi connectivity index (χ1n) is 8.89. The average Bonchev–Trinajstić information content (AvgIpc) is 3.07. The summed E-state index contributed by atoms with van der Waals surface area (Å²) >= 11 is 0. The van der Waals surface area contributed by atoms with Gasteiger partial charge in [-0.2, -0.15) is 0 Å². The lowest BCUT2D eigenvalue weighted by Gasteiger charge is -2.18. The lowest BCUT2D eigenvalue weighted by Crippen LogP contribution is -2.35. The Labute approximate surface area is 158 Å². The third-order valence-corrected chi connectivity index (χ3v) is 4.68. The highest BCUT2D eigenvalue weighted by atomic mass is 16.5. The Hall–Kier alpha value is -2.93. The number of aromatic nitrogens is 1. The maximum Gasteiger partial charge on any atom is 0.267 e. The molecule has 1 saturated heterocycles. The summed E-state index contributed by atoms with van der Waals surface area (Å²) in [5, 5.41) is 2.98. The number of hydrogen-bond donors (Lipinski definition) is 2. The van der Waals surface area contributed by atoms with E-state index in [4.69, 9.17) is 10.5 Å². The van der Waals surface area contributed by atoms with Crippen LogP contribution in [0.2, 0.25) is 0 Å². The molecule has 142 valence electrons. The Bertz CT molecular complexity index is 836. The van der Waals surface area contributed by atoms with Crippen LogP contribution in [0, 0.1) is 0 Å². The van der Waals surface area contributed by atoms with Crippen LogP contribution in [-0.4, -0.2) is 47.9 Å². The first-order chi connectivity index (χ1) is 13.0. The zero-order valence-corrected chi connectivity index (χ0v) is 15.6. The number of amides is 2. The van der Waals surface area contributed by atoms with Crippen molar-refractivity contribution in [2.45, 2.75) is 25.9 Å². The summed E-state index contributed by atoms with van der Waals surface area (Å²) in [4.78, 5) is 28.9. The van der Waals surface area contributed by atoms with Crippen molar-refractivity contribution in [3.05, 3.63) is 47.8 Å². The number of hydrogen-bond acceptors (Lipinski definition) is 5. The van der Waals surface area contributed by atoms with E-state index in [-0.39, 0.29) is 17.6 Å². The predicted molar refractivity (Wildman–Crippen MR) is 102 cm³/mol. The lowest BCUT2D eigenvalue weighted by molar-refractivity contribution is -0.119. The van der Waals surface area contributed by atoms with Gasteiger partial charge in [-0.1, -0.05) is 12.1 Å².